The summed E-state index contributed by atoms with van der Waals surface area (Å²) in [4.78, 5) is 16.9. The Morgan fingerprint density at radius 2 is 1.76 bits per heavy atom. The molecule has 1 fully saturated rings. The van der Waals surface area contributed by atoms with Crippen LogP contribution >= 0.6 is 0 Å². The summed E-state index contributed by atoms with van der Waals surface area (Å²) in [6.07, 6.45) is -3.53. The van der Waals surface area contributed by atoms with E-state index in [9.17, 15) is 18.0 Å². The summed E-state index contributed by atoms with van der Waals surface area (Å²) < 4.78 is 48.9. The third-order valence-electron chi connectivity index (χ3n) is 5.19. The summed E-state index contributed by atoms with van der Waals surface area (Å²) in [6, 6.07) is 10.5. The number of benzene rings is 2. The second kappa shape index (κ2) is 7.94. The third kappa shape index (κ3) is 4.32. The lowest BCUT2D eigenvalue weighted by atomic mass is 10.1. The van der Waals surface area contributed by atoms with E-state index in [0.717, 1.165) is 30.7 Å². The SMILES string of the molecule is O=C(c1cccc2c1OCO2)N1CCCN(Cc2ccc(C(F)(F)F)cc2)CC1. The fourth-order valence-corrected chi connectivity index (χ4v) is 3.66. The van der Waals surface area contributed by atoms with Gasteiger partial charge in [-0.15, -0.1) is 0 Å². The number of rotatable bonds is 3. The maximum absolute atomic E-state index is 13.0. The number of nitrogens with zero attached hydrogens (tertiary/aromatic N) is 2. The lowest BCUT2D eigenvalue weighted by Gasteiger charge is -2.22. The molecule has 0 bridgehead atoms. The Bertz CT molecular complexity index is 884. The van der Waals surface area contributed by atoms with Gasteiger partial charge in [0.1, 0.15) is 0 Å². The smallest absolute Gasteiger partial charge is 0.416 e. The number of fused-ring (bicyclic) bond motifs is 1. The van der Waals surface area contributed by atoms with Crippen molar-refractivity contribution < 1.29 is 27.4 Å². The molecule has 2 aliphatic heterocycles. The molecule has 29 heavy (non-hydrogen) atoms. The zero-order valence-electron chi connectivity index (χ0n) is 15.7. The minimum atomic E-state index is -4.33. The molecule has 2 aromatic carbocycles. The van der Waals surface area contributed by atoms with E-state index in [0.29, 0.717) is 43.2 Å². The van der Waals surface area contributed by atoms with Gasteiger partial charge >= 0.3 is 6.18 Å². The van der Waals surface area contributed by atoms with Crippen LogP contribution in [-0.4, -0.2) is 48.7 Å². The summed E-state index contributed by atoms with van der Waals surface area (Å²) in [5, 5.41) is 0. The molecule has 0 spiro atoms. The lowest BCUT2D eigenvalue weighted by Crippen LogP contribution is -2.35. The van der Waals surface area contributed by atoms with Crippen molar-refractivity contribution in [3.05, 3.63) is 59.2 Å². The van der Waals surface area contributed by atoms with Crippen LogP contribution in [0.1, 0.15) is 27.9 Å². The van der Waals surface area contributed by atoms with Gasteiger partial charge in [-0.1, -0.05) is 18.2 Å². The Labute approximate surface area is 166 Å². The molecule has 2 heterocycles. The maximum Gasteiger partial charge on any atom is 0.416 e. The molecule has 0 aliphatic carbocycles. The van der Waals surface area contributed by atoms with Crippen molar-refractivity contribution in [1.82, 2.24) is 9.80 Å². The first-order chi connectivity index (χ1) is 13.9. The summed E-state index contributed by atoms with van der Waals surface area (Å²) in [7, 11) is 0. The molecule has 154 valence electrons. The summed E-state index contributed by atoms with van der Waals surface area (Å²) >= 11 is 0. The molecule has 0 atom stereocenters. The molecule has 2 aromatic rings. The molecule has 5 nitrogen and oxygen atoms in total. The van der Waals surface area contributed by atoms with E-state index in [1.165, 1.54) is 12.1 Å². The zero-order chi connectivity index (χ0) is 20.4. The van der Waals surface area contributed by atoms with E-state index in [4.69, 9.17) is 9.47 Å². The van der Waals surface area contributed by atoms with E-state index in [1.54, 1.807) is 23.1 Å². The number of ether oxygens (including phenoxy) is 2. The van der Waals surface area contributed by atoms with Gasteiger partial charge in [0.2, 0.25) is 6.79 Å². The standard InChI is InChI=1S/C21H21F3N2O3/c22-21(23,24)16-7-5-15(6-8-16)13-25-9-2-10-26(12-11-25)20(27)17-3-1-4-18-19(17)29-14-28-18/h1,3-8H,2,9-14H2. The van der Waals surface area contributed by atoms with Gasteiger partial charge in [0.05, 0.1) is 11.1 Å². The van der Waals surface area contributed by atoms with E-state index >= 15 is 0 Å². The first-order valence-corrected chi connectivity index (χ1v) is 9.48. The summed E-state index contributed by atoms with van der Waals surface area (Å²) in [6.45, 7) is 3.26. The predicted octanol–water partition coefficient (Wildman–Crippen LogP) is 3.78. The number of amides is 1. The lowest BCUT2D eigenvalue weighted by molar-refractivity contribution is -0.137. The van der Waals surface area contributed by atoms with E-state index in [-0.39, 0.29) is 12.7 Å². The topological polar surface area (TPSA) is 42.0 Å². The number of para-hydroxylation sites is 1. The number of alkyl halides is 3. The average Bonchev–Trinajstić information content (AvgIpc) is 3.07. The zero-order valence-corrected chi connectivity index (χ0v) is 15.7. The van der Waals surface area contributed by atoms with Gasteiger partial charge in [-0.3, -0.25) is 9.69 Å². The van der Waals surface area contributed by atoms with Crippen LogP contribution in [0.2, 0.25) is 0 Å². The van der Waals surface area contributed by atoms with Gasteiger partial charge in [-0.25, -0.2) is 0 Å². The first-order valence-electron chi connectivity index (χ1n) is 9.48. The highest BCUT2D eigenvalue weighted by atomic mass is 19.4. The second-order valence-electron chi connectivity index (χ2n) is 7.16. The average molecular weight is 406 g/mol. The highest BCUT2D eigenvalue weighted by Gasteiger charge is 2.30. The molecule has 0 saturated carbocycles. The van der Waals surface area contributed by atoms with Crippen LogP contribution in [0.25, 0.3) is 0 Å². The van der Waals surface area contributed by atoms with Crippen molar-refractivity contribution >= 4 is 5.91 Å². The van der Waals surface area contributed by atoms with Crippen molar-refractivity contribution in [1.29, 1.82) is 0 Å². The second-order valence-corrected chi connectivity index (χ2v) is 7.16. The fraction of sp³-hybridized carbons (Fsp3) is 0.381. The predicted molar refractivity (Wildman–Crippen MR) is 99.8 cm³/mol. The van der Waals surface area contributed by atoms with Gasteiger partial charge in [0, 0.05) is 32.7 Å². The van der Waals surface area contributed by atoms with Crippen molar-refractivity contribution in [2.75, 3.05) is 33.0 Å². The number of hydrogen-bond donors (Lipinski definition) is 0. The van der Waals surface area contributed by atoms with Crippen LogP contribution in [0.15, 0.2) is 42.5 Å². The van der Waals surface area contributed by atoms with Crippen molar-refractivity contribution in [2.24, 2.45) is 0 Å². The normalized spacial score (nSPS) is 17.3. The number of hydrogen-bond acceptors (Lipinski definition) is 4. The Morgan fingerprint density at radius 1 is 0.966 bits per heavy atom. The van der Waals surface area contributed by atoms with Crippen LogP contribution < -0.4 is 9.47 Å². The Kier molecular flexibility index (Phi) is 5.36. The quantitative estimate of drug-likeness (QED) is 0.778. The molecular formula is C21H21F3N2O3. The molecule has 0 radical (unpaired) electrons. The molecular weight excluding hydrogens is 385 g/mol. The molecule has 1 amide bonds. The van der Waals surface area contributed by atoms with Crippen LogP contribution in [-0.2, 0) is 12.7 Å². The largest absolute Gasteiger partial charge is 0.454 e. The van der Waals surface area contributed by atoms with Crippen molar-refractivity contribution in [2.45, 2.75) is 19.1 Å². The number of halogens is 3. The Balaban J connectivity index is 1.38. The van der Waals surface area contributed by atoms with Crippen LogP contribution in [0, 0.1) is 0 Å². The molecule has 0 unspecified atom stereocenters. The van der Waals surface area contributed by atoms with Gasteiger partial charge in [-0.05, 0) is 36.2 Å². The minimum Gasteiger partial charge on any atom is -0.454 e. The maximum atomic E-state index is 13.0. The van der Waals surface area contributed by atoms with Crippen molar-refractivity contribution in [3.63, 3.8) is 0 Å². The van der Waals surface area contributed by atoms with Gasteiger partial charge in [0.25, 0.3) is 5.91 Å². The highest BCUT2D eigenvalue weighted by Crippen LogP contribution is 2.36. The van der Waals surface area contributed by atoms with Gasteiger partial charge in [0.15, 0.2) is 11.5 Å². The minimum absolute atomic E-state index is 0.0938. The molecule has 2 aliphatic rings. The Hall–Kier alpha value is -2.74. The number of carbonyl (C=O) groups excluding carboxylic acids is 1. The molecule has 1 saturated heterocycles. The summed E-state index contributed by atoms with van der Waals surface area (Å²) in [5.74, 6) is 0.974. The van der Waals surface area contributed by atoms with E-state index in [2.05, 4.69) is 4.90 Å². The molecule has 0 N–H and O–H groups in total. The van der Waals surface area contributed by atoms with Gasteiger partial charge in [-0.2, -0.15) is 13.2 Å². The van der Waals surface area contributed by atoms with E-state index in [1.807, 2.05) is 0 Å². The van der Waals surface area contributed by atoms with E-state index < -0.39 is 11.7 Å². The molecule has 8 heteroatoms. The molecule has 4 rings (SSSR count). The summed E-state index contributed by atoms with van der Waals surface area (Å²) in [5.41, 5.74) is 0.677. The van der Waals surface area contributed by atoms with Gasteiger partial charge < -0.3 is 14.4 Å². The van der Waals surface area contributed by atoms with Crippen LogP contribution in [0.3, 0.4) is 0 Å². The van der Waals surface area contributed by atoms with Crippen LogP contribution in [0.5, 0.6) is 11.5 Å². The molecule has 0 aromatic heterocycles. The third-order valence-corrected chi connectivity index (χ3v) is 5.19. The van der Waals surface area contributed by atoms with Crippen molar-refractivity contribution in [3.8, 4) is 11.5 Å². The van der Waals surface area contributed by atoms with Crippen LogP contribution in [0.4, 0.5) is 13.2 Å². The highest BCUT2D eigenvalue weighted by molar-refractivity contribution is 5.98. The fourth-order valence-electron chi connectivity index (χ4n) is 3.66. The monoisotopic (exact) mass is 406 g/mol. The Morgan fingerprint density at radius 3 is 2.52 bits per heavy atom. The number of carbonyl (C=O) groups is 1. The first kappa shape index (κ1) is 19.6.